The zero-order chi connectivity index (χ0) is 14.7. The number of guanidine groups is 1. The van der Waals surface area contributed by atoms with Gasteiger partial charge in [0.25, 0.3) is 0 Å². The third-order valence-corrected chi connectivity index (χ3v) is 4.84. The minimum atomic E-state index is 0. The SMILES string of the molecule is CN=C(NCc1cccnc1OC)N1CCC2(CCC2)C1.I. The number of halogens is 1. The summed E-state index contributed by atoms with van der Waals surface area (Å²) in [6, 6.07) is 3.96. The zero-order valence-electron chi connectivity index (χ0n) is 13.3. The van der Waals surface area contributed by atoms with Crippen molar-refractivity contribution in [1.29, 1.82) is 0 Å². The largest absolute Gasteiger partial charge is 0.481 e. The number of aromatic nitrogens is 1. The standard InChI is InChI=1S/C16H24N4O.HI/c1-17-15(20-10-8-16(12-20)6-4-7-16)19-11-13-5-3-9-18-14(13)21-2;/h3,5,9H,4,6-8,10-12H2,1-2H3,(H,17,19);1H. The third kappa shape index (κ3) is 3.47. The van der Waals surface area contributed by atoms with Crippen LogP contribution in [0.15, 0.2) is 23.3 Å². The lowest BCUT2D eigenvalue weighted by atomic mass is 9.68. The van der Waals surface area contributed by atoms with Gasteiger partial charge in [0.05, 0.1) is 7.11 Å². The summed E-state index contributed by atoms with van der Waals surface area (Å²) in [5.41, 5.74) is 1.64. The van der Waals surface area contributed by atoms with E-state index in [1.807, 2.05) is 19.2 Å². The van der Waals surface area contributed by atoms with Gasteiger partial charge in [-0.1, -0.05) is 12.5 Å². The Kier molecular flexibility index (Phi) is 5.88. The molecule has 22 heavy (non-hydrogen) atoms. The Morgan fingerprint density at radius 1 is 1.45 bits per heavy atom. The molecule has 1 aliphatic heterocycles. The Bertz CT molecular complexity index is 531. The predicted molar refractivity (Wildman–Crippen MR) is 98.9 cm³/mol. The summed E-state index contributed by atoms with van der Waals surface area (Å²) >= 11 is 0. The maximum absolute atomic E-state index is 5.29. The van der Waals surface area contributed by atoms with Crippen LogP contribution in [0.3, 0.4) is 0 Å². The molecule has 0 bridgehead atoms. The van der Waals surface area contributed by atoms with Gasteiger partial charge in [-0.25, -0.2) is 4.98 Å². The summed E-state index contributed by atoms with van der Waals surface area (Å²) in [7, 11) is 3.51. The van der Waals surface area contributed by atoms with Crippen molar-refractivity contribution < 1.29 is 4.74 Å². The molecule has 1 N–H and O–H groups in total. The van der Waals surface area contributed by atoms with E-state index >= 15 is 0 Å². The molecule has 3 rings (SSSR count). The van der Waals surface area contributed by atoms with Gasteiger partial charge in [0.15, 0.2) is 5.96 Å². The highest BCUT2D eigenvalue weighted by Crippen LogP contribution is 2.47. The molecule has 6 heteroatoms. The average Bonchev–Trinajstić information content (AvgIpc) is 2.94. The highest BCUT2D eigenvalue weighted by Gasteiger charge is 2.43. The van der Waals surface area contributed by atoms with Gasteiger partial charge < -0.3 is 15.0 Å². The Labute approximate surface area is 149 Å². The van der Waals surface area contributed by atoms with Gasteiger partial charge in [0, 0.05) is 38.4 Å². The smallest absolute Gasteiger partial charge is 0.218 e. The molecule has 2 aliphatic rings. The van der Waals surface area contributed by atoms with Gasteiger partial charge in [0.2, 0.25) is 5.88 Å². The van der Waals surface area contributed by atoms with E-state index in [-0.39, 0.29) is 24.0 Å². The Morgan fingerprint density at radius 2 is 2.27 bits per heavy atom. The van der Waals surface area contributed by atoms with Crippen LogP contribution < -0.4 is 10.1 Å². The van der Waals surface area contributed by atoms with Crippen LogP contribution in [-0.2, 0) is 6.54 Å². The number of ether oxygens (including phenoxy) is 1. The second-order valence-corrected chi connectivity index (χ2v) is 6.10. The van der Waals surface area contributed by atoms with Crippen LogP contribution >= 0.6 is 24.0 Å². The van der Waals surface area contributed by atoms with Crippen LogP contribution in [0.5, 0.6) is 5.88 Å². The summed E-state index contributed by atoms with van der Waals surface area (Å²) in [6.45, 7) is 2.95. The van der Waals surface area contributed by atoms with Crippen molar-refractivity contribution in [3.63, 3.8) is 0 Å². The van der Waals surface area contributed by atoms with Gasteiger partial charge in [0.1, 0.15) is 0 Å². The molecular formula is C16H25IN4O. The molecule has 1 saturated heterocycles. The molecule has 0 aromatic carbocycles. The molecule has 1 aromatic heterocycles. The predicted octanol–water partition coefficient (Wildman–Crippen LogP) is 2.66. The maximum Gasteiger partial charge on any atom is 0.218 e. The summed E-state index contributed by atoms with van der Waals surface area (Å²) in [5.74, 6) is 1.67. The van der Waals surface area contributed by atoms with E-state index in [1.165, 1.54) is 25.7 Å². The second kappa shape index (κ2) is 7.48. The van der Waals surface area contributed by atoms with Gasteiger partial charge in [-0.15, -0.1) is 24.0 Å². The molecule has 0 amide bonds. The number of methoxy groups -OCH3 is 1. The minimum Gasteiger partial charge on any atom is -0.481 e. The lowest BCUT2D eigenvalue weighted by Gasteiger charge is -2.38. The monoisotopic (exact) mass is 416 g/mol. The number of nitrogens with zero attached hydrogens (tertiary/aromatic N) is 3. The highest BCUT2D eigenvalue weighted by molar-refractivity contribution is 14.0. The number of nitrogens with one attached hydrogen (secondary N) is 1. The van der Waals surface area contributed by atoms with E-state index in [4.69, 9.17) is 4.74 Å². The van der Waals surface area contributed by atoms with E-state index in [2.05, 4.69) is 20.2 Å². The number of pyridine rings is 1. The lowest BCUT2D eigenvalue weighted by molar-refractivity contribution is 0.151. The normalized spacial score (nSPS) is 19.5. The summed E-state index contributed by atoms with van der Waals surface area (Å²) < 4.78 is 5.29. The zero-order valence-corrected chi connectivity index (χ0v) is 15.7. The number of aliphatic imine (C=N–C) groups is 1. The molecule has 1 aliphatic carbocycles. The van der Waals surface area contributed by atoms with Gasteiger partial charge >= 0.3 is 0 Å². The first-order valence-corrected chi connectivity index (χ1v) is 7.70. The molecule has 1 saturated carbocycles. The molecule has 2 heterocycles. The van der Waals surface area contributed by atoms with Crippen molar-refractivity contribution >= 4 is 29.9 Å². The second-order valence-electron chi connectivity index (χ2n) is 6.10. The molecule has 1 aromatic rings. The quantitative estimate of drug-likeness (QED) is 0.468. The number of rotatable bonds is 3. The van der Waals surface area contributed by atoms with Crippen molar-refractivity contribution in [3.05, 3.63) is 23.9 Å². The van der Waals surface area contributed by atoms with E-state index in [0.717, 1.165) is 24.6 Å². The molecule has 5 nitrogen and oxygen atoms in total. The van der Waals surface area contributed by atoms with Crippen molar-refractivity contribution in [2.45, 2.75) is 32.2 Å². The number of likely N-dealkylation sites (tertiary alicyclic amines) is 1. The highest BCUT2D eigenvalue weighted by atomic mass is 127. The van der Waals surface area contributed by atoms with Crippen LogP contribution in [0.4, 0.5) is 0 Å². The Morgan fingerprint density at radius 3 is 2.86 bits per heavy atom. The van der Waals surface area contributed by atoms with E-state index in [0.29, 0.717) is 17.8 Å². The first kappa shape index (κ1) is 17.3. The first-order chi connectivity index (χ1) is 10.3. The number of hydrogen-bond donors (Lipinski definition) is 1. The number of hydrogen-bond acceptors (Lipinski definition) is 3. The maximum atomic E-state index is 5.29. The molecule has 0 atom stereocenters. The summed E-state index contributed by atoms with van der Waals surface area (Å²) in [5, 5.41) is 3.44. The van der Waals surface area contributed by atoms with Crippen molar-refractivity contribution in [2.75, 3.05) is 27.2 Å². The fraction of sp³-hybridized carbons (Fsp3) is 0.625. The first-order valence-electron chi connectivity index (χ1n) is 7.70. The van der Waals surface area contributed by atoms with Crippen molar-refractivity contribution in [1.82, 2.24) is 15.2 Å². The molecular weight excluding hydrogens is 391 g/mol. The molecule has 122 valence electrons. The van der Waals surface area contributed by atoms with Crippen LogP contribution in [0.1, 0.15) is 31.2 Å². The average molecular weight is 416 g/mol. The molecule has 0 radical (unpaired) electrons. The van der Waals surface area contributed by atoms with Gasteiger partial charge in [-0.2, -0.15) is 0 Å². The van der Waals surface area contributed by atoms with Crippen molar-refractivity contribution in [3.8, 4) is 5.88 Å². The van der Waals surface area contributed by atoms with Crippen LogP contribution in [-0.4, -0.2) is 43.1 Å². The van der Waals surface area contributed by atoms with Crippen LogP contribution in [0.2, 0.25) is 0 Å². The minimum absolute atomic E-state index is 0. The fourth-order valence-corrected chi connectivity index (χ4v) is 3.45. The van der Waals surface area contributed by atoms with Gasteiger partial charge in [-0.3, -0.25) is 4.99 Å². The van der Waals surface area contributed by atoms with E-state index in [9.17, 15) is 0 Å². The third-order valence-electron chi connectivity index (χ3n) is 4.84. The molecule has 0 unspecified atom stereocenters. The summed E-state index contributed by atoms with van der Waals surface area (Å²) in [4.78, 5) is 11.1. The van der Waals surface area contributed by atoms with Crippen molar-refractivity contribution in [2.24, 2.45) is 10.4 Å². The Hall–Kier alpha value is -1.05. The van der Waals surface area contributed by atoms with Gasteiger partial charge in [-0.05, 0) is 30.7 Å². The topological polar surface area (TPSA) is 49.8 Å². The molecule has 1 spiro atoms. The summed E-state index contributed by atoms with van der Waals surface area (Å²) in [6.07, 6.45) is 7.22. The van der Waals surface area contributed by atoms with E-state index in [1.54, 1.807) is 13.3 Å². The van der Waals surface area contributed by atoms with E-state index < -0.39 is 0 Å². The molecule has 2 fully saturated rings. The Balaban J connectivity index is 0.00000176. The van der Waals surface area contributed by atoms with Crippen LogP contribution in [0, 0.1) is 5.41 Å². The van der Waals surface area contributed by atoms with Crippen LogP contribution in [0.25, 0.3) is 0 Å². The fourth-order valence-electron chi connectivity index (χ4n) is 3.45. The lowest BCUT2D eigenvalue weighted by Crippen LogP contribution is -2.42.